The second-order valence-electron chi connectivity index (χ2n) is 15.4. The molecule has 4 aromatic heterocycles. The van der Waals surface area contributed by atoms with Crippen LogP contribution in [0, 0.1) is 0 Å². The largest absolute Gasteiger partial charge is 0.226 e. The first-order valence-corrected chi connectivity index (χ1v) is 22.2. The molecule has 0 saturated heterocycles. The first-order chi connectivity index (χ1) is 30.7. The second kappa shape index (κ2) is 15.1. The summed E-state index contributed by atoms with van der Waals surface area (Å²) in [7, 11) is 0. The molecule has 0 aliphatic carbocycles. The van der Waals surface area contributed by atoms with Gasteiger partial charge in [-0.2, -0.15) is 0 Å². The smallest absolute Gasteiger partial charge is 0.160 e. The minimum absolute atomic E-state index is 0.733. The fourth-order valence-electron chi connectivity index (χ4n) is 8.45. The highest BCUT2D eigenvalue weighted by atomic mass is 32.1. The molecule has 0 atom stereocenters. The van der Waals surface area contributed by atoms with Gasteiger partial charge in [0.05, 0.1) is 31.8 Å². The number of fused-ring (bicyclic) bond motifs is 6. The Labute approximate surface area is 366 Å². The monoisotopic (exact) mass is 826 g/mol. The molecule has 0 amide bonds. The molecule has 0 fully saturated rings. The minimum atomic E-state index is 0.733. The van der Waals surface area contributed by atoms with Gasteiger partial charge in [-0.3, -0.25) is 0 Å². The van der Waals surface area contributed by atoms with Gasteiger partial charge in [-0.25, -0.2) is 19.9 Å². The van der Waals surface area contributed by atoms with Gasteiger partial charge in [0.1, 0.15) is 0 Å². The highest BCUT2D eigenvalue weighted by molar-refractivity contribution is 7.26. The lowest BCUT2D eigenvalue weighted by atomic mass is 9.94. The Balaban J connectivity index is 0.913. The Morgan fingerprint density at radius 1 is 0.258 bits per heavy atom. The Kier molecular flexibility index (Phi) is 8.84. The van der Waals surface area contributed by atoms with Gasteiger partial charge < -0.3 is 0 Å². The van der Waals surface area contributed by atoms with E-state index in [1.54, 1.807) is 22.7 Å². The van der Waals surface area contributed by atoms with Crippen LogP contribution < -0.4 is 0 Å². The summed E-state index contributed by atoms with van der Waals surface area (Å²) in [5.74, 6) is 1.47. The Bertz CT molecular complexity index is 3410. The van der Waals surface area contributed by atoms with Crippen LogP contribution in [0.25, 0.3) is 119 Å². The van der Waals surface area contributed by atoms with Gasteiger partial charge in [0, 0.05) is 42.4 Å². The summed E-state index contributed by atoms with van der Waals surface area (Å²) < 4.78 is 4.62. The Morgan fingerprint density at radius 2 is 0.565 bits per heavy atom. The predicted molar refractivity (Wildman–Crippen MR) is 261 cm³/mol. The van der Waals surface area contributed by atoms with Crippen molar-refractivity contribution in [1.82, 2.24) is 19.9 Å². The van der Waals surface area contributed by atoms with E-state index in [2.05, 4.69) is 170 Å². The van der Waals surface area contributed by atoms with E-state index in [-0.39, 0.29) is 0 Å². The van der Waals surface area contributed by atoms with E-state index in [9.17, 15) is 0 Å². The third-order valence-electron chi connectivity index (χ3n) is 11.5. The van der Waals surface area contributed by atoms with E-state index in [0.717, 1.165) is 110 Å². The highest BCUT2D eigenvalue weighted by Crippen LogP contribution is 2.42. The third-order valence-corrected chi connectivity index (χ3v) is 13.8. The number of thiophene rings is 2. The first kappa shape index (κ1) is 36.2. The maximum absolute atomic E-state index is 5.24. The van der Waals surface area contributed by atoms with Crippen molar-refractivity contribution in [2.75, 3.05) is 0 Å². The van der Waals surface area contributed by atoms with E-state index >= 15 is 0 Å². The van der Waals surface area contributed by atoms with Gasteiger partial charge in [0.25, 0.3) is 0 Å². The number of nitrogens with zero attached hydrogens (tertiary/aromatic N) is 4. The average Bonchev–Trinajstić information content (AvgIpc) is 3.93. The normalized spacial score (nSPS) is 11.5. The number of hydrogen-bond donors (Lipinski definition) is 0. The molecule has 0 aliphatic heterocycles. The van der Waals surface area contributed by atoms with Gasteiger partial charge in [-0.1, -0.05) is 170 Å². The lowest BCUT2D eigenvalue weighted by molar-refractivity contribution is 1.24. The SMILES string of the molecule is c1ccc(-c2nc(-c3cccc(-c4cccc(-c5cccc(-c6cccc(-c7nc(-c8ccccc8)nc8c7sc7ccccc78)c6)c5)c4)c3)c3sc4ccccc4c3n2)cc1. The molecule has 8 aromatic carbocycles. The molecule has 4 nitrogen and oxygen atoms in total. The Hall–Kier alpha value is -7.64. The second-order valence-corrected chi connectivity index (χ2v) is 17.5. The topological polar surface area (TPSA) is 51.6 Å². The van der Waals surface area contributed by atoms with Gasteiger partial charge in [-0.05, 0) is 69.8 Å². The fourth-order valence-corrected chi connectivity index (χ4v) is 10.8. The van der Waals surface area contributed by atoms with Crippen LogP contribution in [-0.2, 0) is 0 Å². The molecule has 12 aromatic rings. The van der Waals surface area contributed by atoms with Crippen molar-refractivity contribution in [3.8, 4) is 78.7 Å². The van der Waals surface area contributed by atoms with Crippen molar-refractivity contribution in [3.63, 3.8) is 0 Å². The summed E-state index contributed by atoms with van der Waals surface area (Å²) >= 11 is 3.51. The molecule has 0 unspecified atom stereocenters. The summed E-state index contributed by atoms with van der Waals surface area (Å²) in [6.45, 7) is 0. The molecule has 0 radical (unpaired) electrons. The van der Waals surface area contributed by atoms with Crippen molar-refractivity contribution in [2.24, 2.45) is 0 Å². The van der Waals surface area contributed by atoms with Crippen LogP contribution in [0.15, 0.2) is 206 Å². The molecular formula is C56H34N4S2. The molecule has 0 aliphatic rings. The fraction of sp³-hybridized carbons (Fsp3) is 0. The summed E-state index contributed by atoms with van der Waals surface area (Å²) in [6.07, 6.45) is 0. The third kappa shape index (κ3) is 6.45. The summed E-state index contributed by atoms with van der Waals surface area (Å²) in [4.78, 5) is 20.7. The zero-order chi connectivity index (χ0) is 41.0. The van der Waals surface area contributed by atoms with E-state index in [0.29, 0.717) is 0 Å². The molecule has 0 spiro atoms. The van der Waals surface area contributed by atoms with E-state index < -0.39 is 0 Å². The molecule has 4 heterocycles. The molecule has 290 valence electrons. The van der Waals surface area contributed by atoms with Gasteiger partial charge in [-0.15, -0.1) is 22.7 Å². The summed E-state index contributed by atoms with van der Waals surface area (Å²) in [5, 5.41) is 2.32. The van der Waals surface area contributed by atoms with Crippen molar-refractivity contribution in [1.29, 1.82) is 0 Å². The van der Waals surface area contributed by atoms with Crippen LogP contribution in [0.5, 0.6) is 0 Å². The van der Waals surface area contributed by atoms with Crippen molar-refractivity contribution < 1.29 is 0 Å². The highest BCUT2D eigenvalue weighted by Gasteiger charge is 2.19. The first-order valence-electron chi connectivity index (χ1n) is 20.6. The van der Waals surface area contributed by atoms with Gasteiger partial charge in [0.2, 0.25) is 0 Å². The standard InChI is InChI=1S/C56H34N4S2/c1-3-15-35(16-4-1)55-57-49(53-51(59-55)45-27-7-9-29-47(45)61-53)43-25-13-23-41(33-43)39-21-11-19-37(31-39)38-20-12-22-40(32-38)42-24-14-26-44(34-42)50-54-52(46-28-8-10-30-48(46)62-54)60-56(58-50)36-17-5-2-6-18-36/h1-34H. The molecule has 0 saturated carbocycles. The lowest BCUT2D eigenvalue weighted by Gasteiger charge is -2.11. The molecule has 0 N–H and O–H groups in total. The maximum atomic E-state index is 5.24. The van der Waals surface area contributed by atoms with Crippen molar-refractivity contribution in [2.45, 2.75) is 0 Å². The molecule has 12 rings (SSSR count). The van der Waals surface area contributed by atoms with Crippen LogP contribution in [0.4, 0.5) is 0 Å². The van der Waals surface area contributed by atoms with Gasteiger partial charge in [0.15, 0.2) is 11.6 Å². The minimum Gasteiger partial charge on any atom is -0.226 e. The molecule has 62 heavy (non-hydrogen) atoms. The van der Waals surface area contributed by atoms with Crippen molar-refractivity contribution in [3.05, 3.63) is 206 Å². The molecule has 6 heteroatoms. The quantitative estimate of drug-likeness (QED) is 0.161. The average molecular weight is 827 g/mol. The predicted octanol–water partition coefficient (Wildman–Crippen LogP) is 15.7. The number of rotatable bonds is 7. The molecule has 0 bridgehead atoms. The molecular weight excluding hydrogens is 793 g/mol. The Morgan fingerprint density at radius 3 is 0.952 bits per heavy atom. The summed E-state index contributed by atoms with van der Waals surface area (Å²) in [5.41, 5.74) is 14.9. The zero-order valence-corrected chi connectivity index (χ0v) is 34.9. The zero-order valence-electron chi connectivity index (χ0n) is 33.2. The number of benzene rings is 8. The van der Waals surface area contributed by atoms with Crippen LogP contribution >= 0.6 is 22.7 Å². The van der Waals surface area contributed by atoms with Crippen LogP contribution in [0.3, 0.4) is 0 Å². The van der Waals surface area contributed by atoms with Crippen LogP contribution in [0.2, 0.25) is 0 Å². The van der Waals surface area contributed by atoms with E-state index in [1.165, 1.54) is 9.40 Å². The van der Waals surface area contributed by atoms with Crippen molar-refractivity contribution >= 4 is 63.3 Å². The summed E-state index contributed by atoms with van der Waals surface area (Å²) in [6, 6.07) is 72.8. The number of aromatic nitrogens is 4. The number of hydrogen-bond acceptors (Lipinski definition) is 6. The van der Waals surface area contributed by atoms with E-state index in [1.807, 2.05) is 36.4 Å². The van der Waals surface area contributed by atoms with Gasteiger partial charge >= 0.3 is 0 Å². The van der Waals surface area contributed by atoms with E-state index in [4.69, 9.17) is 19.9 Å². The van der Waals surface area contributed by atoms with Crippen LogP contribution in [0.1, 0.15) is 0 Å². The van der Waals surface area contributed by atoms with Crippen LogP contribution in [-0.4, -0.2) is 19.9 Å². The lowest BCUT2D eigenvalue weighted by Crippen LogP contribution is -1.94. The maximum Gasteiger partial charge on any atom is 0.160 e.